The molecule has 0 amide bonds. The lowest BCUT2D eigenvalue weighted by Gasteiger charge is -1.86. The van der Waals surface area contributed by atoms with Gasteiger partial charge in [0, 0.05) is 18.5 Å². The topological polar surface area (TPSA) is 56.0 Å². The van der Waals surface area contributed by atoms with Gasteiger partial charge < -0.3 is 0 Å². The summed E-state index contributed by atoms with van der Waals surface area (Å²) in [4.78, 5) is 13.1. The predicted octanol–water partition coefficient (Wildman–Crippen LogP) is 1.33. The highest BCUT2D eigenvalue weighted by Crippen LogP contribution is 1.98. The number of pyridine rings is 1. The van der Waals surface area contributed by atoms with Crippen LogP contribution in [0.1, 0.15) is 5.56 Å². The van der Waals surface area contributed by atoms with Gasteiger partial charge in [0.05, 0.1) is 4.92 Å². The summed E-state index contributed by atoms with van der Waals surface area (Å²) in [6, 6.07) is 3.39. The molecule has 0 aliphatic rings. The summed E-state index contributed by atoms with van der Waals surface area (Å²) in [6.45, 7) is 0. The van der Waals surface area contributed by atoms with Gasteiger partial charge in [0.2, 0.25) is 6.20 Å². The molecule has 1 aromatic heterocycles. The lowest BCUT2D eigenvalue weighted by molar-refractivity contribution is -0.400. The van der Waals surface area contributed by atoms with Gasteiger partial charge in [0.15, 0.2) is 0 Å². The van der Waals surface area contributed by atoms with Crippen molar-refractivity contribution in [2.45, 2.75) is 0 Å². The zero-order valence-corrected chi connectivity index (χ0v) is 5.68. The Labute approximate surface area is 63.3 Å². The van der Waals surface area contributed by atoms with Crippen molar-refractivity contribution in [1.29, 1.82) is 0 Å². The summed E-state index contributed by atoms with van der Waals surface area (Å²) >= 11 is 0. The quantitative estimate of drug-likeness (QED) is 0.472. The van der Waals surface area contributed by atoms with E-state index < -0.39 is 4.92 Å². The Balaban J connectivity index is 2.72. The fraction of sp³-hybridized carbons (Fsp3) is 0. The molecule has 0 aliphatic carbocycles. The van der Waals surface area contributed by atoms with Gasteiger partial charge >= 0.3 is 0 Å². The lowest BCUT2D eigenvalue weighted by Crippen LogP contribution is -1.82. The fourth-order valence-corrected chi connectivity index (χ4v) is 0.621. The summed E-state index contributed by atoms with van der Waals surface area (Å²) in [7, 11) is 0. The average Bonchev–Trinajstić information content (AvgIpc) is 2.03. The summed E-state index contributed by atoms with van der Waals surface area (Å²) in [5.41, 5.74) is 0.775. The lowest BCUT2D eigenvalue weighted by atomic mass is 10.3. The molecule has 0 N–H and O–H groups in total. The van der Waals surface area contributed by atoms with Gasteiger partial charge in [-0.3, -0.25) is 15.1 Å². The van der Waals surface area contributed by atoms with Gasteiger partial charge in [-0.15, -0.1) is 0 Å². The minimum Gasteiger partial charge on any atom is -0.265 e. The van der Waals surface area contributed by atoms with Crippen molar-refractivity contribution in [2.24, 2.45) is 0 Å². The molecular formula is C7H6N2O2. The number of nitro groups is 1. The number of nitrogens with zero attached hydrogens (tertiary/aromatic N) is 2. The zero-order valence-electron chi connectivity index (χ0n) is 5.68. The van der Waals surface area contributed by atoms with Crippen LogP contribution < -0.4 is 0 Å². The van der Waals surface area contributed by atoms with Gasteiger partial charge in [0.25, 0.3) is 0 Å². The first kappa shape index (κ1) is 7.40. The molecule has 4 nitrogen and oxygen atoms in total. The summed E-state index contributed by atoms with van der Waals surface area (Å²) in [5.74, 6) is 0. The summed E-state index contributed by atoms with van der Waals surface area (Å²) in [6.07, 6.45) is 5.48. The van der Waals surface area contributed by atoms with E-state index in [1.807, 2.05) is 0 Å². The highest BCUT2D eigenvalue weighted by atomic mass is 16.6. The van der Waals surface area contributed by atoms with Crippen LogP contribution in [0, 0.1) is 10.1 Å². The maximum absolute atomic E-state index is 9.88. The Kier molecular flexibility index (Phi) is 2.32. The molecule has 0 bridgehead atoms. The molecule has 0 aliphatic heterocycles. The molecular weight excluding hydrogens is 144 g/mol. The van der Waals surface area contributed by atoms with E-state index in [4.69, 9.17) is 0 Å². The minimum atomic E-state index is -0.500. The van der Waals surface area contributed by atoms with Crippen LogP contribution in [0.5, 0.6) is 0 Å². The minimum absolute atomic E-state index is 0.500. The molecule has 1 heterocycles. The number of hydrogen-bond donors (Lipinski definition) is 0. The zero-order chi connectivity index (χ0) is 8.10. The Bertz CT molecular complexity index is 269. The largest absolute Gasteiger partial charge is 0.265 e. The van der Waals surface area contributed by atoms with Crippen molar-refractivity contribution in [3.63, 3.8) is 0 Å². The first-order valence-electron chi connectivity index (χ1n) is 3.01. The molecule has 0 atom stereocenters. The van der Waals surface area contributed by atoms with Crippen molar-refractivity contribution >= 4 is 6.08 Å². The Hall–Kier alpha value is -1.71. The predicted molar refractivity (Wildman–Crippen MR) is 40.3 cm³/mol. The summed E-state index contributed by atoms with van der Waals surface area (Å²) < 4.78 is 0. The standard InChI is InChI=1S/C7H6N2O2/c10-9(11)6-3-7-1-4-8-5-2-7/h1-6H/b6-3-. The number of rotatable bonds is 2. The molecule has 0 saturated carbocycles. The van der Waals surface area contributed by atoms with Gasteiger partial charge in [-0.05, 0) is 17.7 Å². The van der Waals surface area contributed by atoms with Crippen LogP contribution in [0.2, 0.25) is 0 Å². The van der Waals surface area contributed by atoms with Crippen molar-refractivity contribution in [3.05, 3.63) is 46.4 Å². The van der Waals surface area contributed by atoms with Crippen LogP contribution >= 0.6 is 0 Å². The molecule has 1 aromatic rings. The number of hydrogen-bond acceptors (Lipinski definition) is 3. The Morgan fingerprint density at radius 2 is 2.09 bits per heavy atom. The Morgan fingerprint density at radius 1 is 1.45 bits per heavy atom. The van der Waals surface area contributed by atoms with Crippen molar-refractivity contribution in [1.82, 2.24) is 4.98 Å². The molecule has 0 spiro atoms. The first-order valence-corrected chi connectivity index (χ1v) is 3.01. The molecule has 4 heteroatoms. The molecule has 0 aromatic carbocycles. The van der Waals surface area contributed by atoms with Crippen molar-refractivity contribution in [3.8, 4) is 0 Å². The van der Waals surface area contributed by atoms with Gasteiger partial charge in [-0.1, -0.05) is 0 Å². The van der Waals surface area contributed by atoms with Crippen molar-refractivity contribution < 1.29 is 4.92 Å². The third kappa shape index (κ3) is 2.57. The van der Waals surface area contributed by atoms with Crippen LogP contribution in [-0.2, 0) is 0 Å². The van der Waals surface area contributed by atoms with Crippen LogP contribution in [0.4, 0.5) is 0 Å². The van der Waals surface area contributed by atoms with Crippen LogP contribution in [-0.4, -0.2) is 9.91 Å². The monoisotopic (exact) mass is 150 g/mol. The highest BCUT2D eigenvalue weighted by Gasteiger charge is 1.86. The smallest absolute Gasteiger partial charge is 0.235 e. The molecule has 11 heavy (non-hydrogen) atoms. The fourth-order valence-electron chi connectivity index (χ4n) is 0.621. The van der Waals surface area contributed by atoms with E-state index in [9.17, 15) is 10.1 Å². The third-order valence-electron chi connectivity index (χ3n) is 1.09. The van der Waals surface area contributed by atoms with Crippen LogP contribution in [0.15, 0.2) is 30.7 Å². The molecule has 0 saturated heterocycles. The second kappa shape index (κ2) is 3.46. The van der Waals surface area contributed by atoms with Gasteiger partial charge in [0.1, 0.15) is 0 Å². The highest BCUT2D eigenvalue weighted by molar-refractivity contribution is 5.46. The first-order chi connectivity index (χ1) is 5.29. The van der Waals surface area contributed by atoms with E-state index in [1.54, 1.807) is 24.5 Å². The normalized spacial score (nSPS) is 10.2. The van der Waals surface area contributed by atoms with Crippen LogP contribution in [0.25, 0.3) is 6.08 Å². The van der Waals surface area contributed by atoms with E-state index in [2.05, 4.69) is 4.98 Å². The van der Waals surface area contributed by atoms with E-state index >= 15 is 0 Å². The summed E-state index contributed by atoms with van der Waals surface area (Å²) in [5, 5.41) is 9.88. The van der Waals surface area contributed by atoms with E-state index in [0.29, 0.717) is 0 Å². The SMILES string of the molecule is O=[N+]([O-])/C=C\c1ccncc1. The van der Waals surface area contributed by atoms with Gasteiger partial charge in [-0.2, -0.15) is 0 Å². The van der Waals surface area contributed by atoms with Gasteiger partial charge in [-0.25, -0.2) is 0 Å². The molecule has 56 valence electrons. The maximum atomic E-state index is 9.88. The van der Waals surface area contributed by atoms with E-state index in [1.165, 1.54) is 6.08 Å². The Morgan fingerprint density at radius 3 is 2.64 bits per heavy atom. The maximum Gasteiger partial charge on any atom is 0.235 e. The second-order valence-corrected chi connectivity index (χ2v) is 1.88. The molecule has 0 unspecified atom stereocenters. The third-order valence-corrected chi connectivity index (χ3v) is 1.09. The average molecular weight is 150 g/mol. The van der Waals surface area contributed by atoms with E-state index in [-0.39, 0.29) is 0 Å². The van der Waals surface area contributed by atoms with Crippen LogP contribution in [0.3, 0.4) is 0 Å². The second-order valence-electron chi connectivity index (χ2n) is 1.88. The molecule has 0 radical (unpaired) electrons. The van der Waals surface area contributed by atoms with Crippen molar-refractivity contribution in [2.75, 3.05) is 0 Å². The molecule has 1 rings (SSSR count). The van der Waals surface area contributed by atoms with E-state index in [0.717, 1.165) is 11.8 Å². The number of aromatic nitrogens is 1. The molecule has 0 fully saturated rings.